The average molecular weight is 361 g/mol. The molecule has 1 atom stereocenters. The predicted molar refractivity (Wildman–Crippen MR) is 98.1 cm³/mol. The summed E-state index contributed by atoms with van der Waals surface area (Å²) in [6.45, 7) is 3.92. The fourth-order valence-electron chi connectivity index (χ4n) is 4.16. The van der Waals surface area contributed by atoms with Crippen LogP contribution in [0.15, 0.2) is 6.33 Å². The largest absolute Gasteiger partial charge is 0.348 e. The van der Waals surface area contributed by atoms with Crippen LogP contribution in [-0.4, -0.2) is 44.1 Å². The molecule has 144 valence electrons. The highest BCUT2D eigenvalue weighted by Crippen LogP contribution is 2.27. The molecule has 1 aromatic rings. The zero-order chi connectivity index (χ0) is 18.4. The summed E-state index contributed by atoms with van der Waals surface area (Å²) < 4.78 is 1.97. The van der Waals surface area contributed by atoms with Crippen LogP contribution in [0.1, 0.15) is 70.5 Å². The van der Waals surface area contributed by atoms with E-state index in [1.54, 1.807) is 6.33 Å². The lowest BCUT2D eigenvalue weighted by molar-refractivity contribution is -0.141. The van der Waals surface area contributed by atoms with E-state index in [4.69, 9.17) is 0 Å². The van der Waals surface area contributed by atoms with Gasteiger partial charge in [0.05, 0.1) is 12.5 Å². The molecule has 2 aliphatic rings. The average Bonchev–Trinajstić information content (AvgIpc) is 2.91. The molecule has 0 bridgehead atoms. The summed E-state index contributed by atoms with van der Waals surface area (Å²) in [7, 11) is 0. The van der Waals surface area contributed by atoms with Crippen LogP contribution in [0.3, 0.4) is 0 Å². The zero-order valence-corrected chi connectivity index (χ0v) is 15.8. The van der Waals surface area contributed by atoms with Crippen LogP contribution >= 0.6 is 0 Å². The molecule has 0 aromatic carbocycles. The number of nitrogens with one attached hydrogen (secondary N) is 1. The van der Waals surface area contributed by atoms with Crippen molar-refractivity contribution in [3.63, 3.8) is 0 Å². The first kappa shape index (κ1) is 18.9. The number of piperidine rings is 1. The van der Waals surface area contributed by atoms with Crippen molar-refractivity contribution >= 4 is 11.8 Å². The van der Waals surface area contributed by atoms with E-state index in [1.165, 1.54) is 25.7 Å². The maximum Gasteiger partial charge on any atom is 0.225 e. The summed E-state index contributed by atoms with van der Waals surface area (Å²) in [6.07, 6.45) is 10.9. The van der Waals surface area contributed by atoms with Crippen molar-refractivity contribution in [1.29, 1.82) is 0 Å². The van der Waals surface area contributed by atoms with Gasteiger partial charge in [0, 0.05) is 25.6 Å². The van der Waals surface area contributed by atoms with Crippen LogP contribution in [0.4, 0.5) is 0 Å². The number of carbonyl (C=O) groups is 2. The Balaban J connectivity index is 1.55. The van der Waals surface area contributed by atoms with Crippen LogP contribution in [0, 0.1) is 5.92 Å². The molecule has 1 aliphatic carbocycles. The molecule has 3 rings (SSSR count). The molecule has 1 saturated heterocycles. The Hall–Kier alpha value is -1.92. The van der Waals surface area contributed by atoms with Crippen LogP contribution in [-0.2, 0) is 22.7 Å². The van der Waals surface area contributed by atoms with Gasteiger partial charge >= 0.3 is 0 Å². The summed E-state index contributed by atoms with van der Waals surface area (Å²) in [5.74, 6) is 0.928. The Bertz CT molecular complexity index is 607. The first-order chi connectivity index (χ1) is 12.7. The number of aromatic nitrogens is 3. The molecule has 2 heterocycles. The highest BCUT2D eigenvalue weighted by atomic mass is 16.2. The molecule has 2 amide bonds. The minimum atomic E-state index is -0.113. The van der Waals surface area contributed by atoms with Crippen molar-refractivity contribution in [2.24, 2.45) is 5.92 Å². The third-order valence-electron chi connectivity index (χ3n) is 5.66. The molecule has 7 heteroatoms. The van der Waals surface area contributed by atoms with Crippen LogP contribution in [0.2, 0.25) is 0 Å². The van der Waals surface area contributed by atoms with Crippen molar-refractivity contribution in [3.05, 3.63) is 12.2 Å². The van der Waals surface area contributed by atoms with E-state index in [2.05, 4.69) is 22.4 Å². The molecule has 0 spiro atoms. The van der Waals surface area contributed by atoms with Crippen LogP contribution < -0.4 is 5.32 Å². The third kappa shape index (κ3) is 4.62. The van der Waals surface area contributed by atoms with E-state index in [-0.39, 0.29) is 17.7 Å². The van der Waals surface area contributed by atoms with E-state index >= 15 is 0 Å². The Morgan fingerprint density at radius 2 is 2.00 bits per heavy atom. The van der Waals surface area contributed by atoms with Gasteiger partial charge in [-0.1, -0.05) is 32.6 Å². The van der Waals surface area contributed by atoms with E-state index in [0.29, 0.717) is 32.0 Å². The van der Waals surface area contributed by atoms with Crippen molar-refractivity contribution in [2.75, 3.05) is 6.54 Å². The van der Waals surface area contributed by atoms with E-state index in [9.17, 15) is 9.59 Å². The number of amides is 2. The van der Waals surface area contributed by atoms with Crippen LogP contribution in [0.25, 0.3) is 0 Å². The molecule has 26 heavy (non-hydrogen) atoms. The first-order valence-corrected chi connectivity index (χ1v) is 10.1. The maximum absolute atomic E-state index is 12.7. The summed E-state index contributed by atoms with van der Waals surface area (Å²) in [4.78, 5) is 27.1. The molecule has 1 aliphatic heterocycles. The number of hydrogen-bond donors (Lipinski definition) is 1. The number of likely N-dealkylation sites (tertiary alicyclic amines) is 1. The minimum absolute atomic E-state index is 0.0298. The summed E-state index contributed by atoms with van der Waals surface area (Å²) in [6, 6.07) is 0.327. The lowest BCUT2D eigenvalue weighted by Crippen LogP contribution is -2.49. The van der Waals surface area contributed by atoms with Gasteiger partial charge in [-0.3, -0.25) is 9.59 Å². The van der Waals surface area contributed by atoms with Gasteiger partial charge in [0.2, 0.25) is 11.8 Å². The van der Waals surface area contributed by atoms with Crippen molar-refractivity contribution < 1.29 is 9.59 Å². The van der Waals surface area contributed by atoms with Gasteiger partial charge < -0.3 is 14.8 Å². The lowest BCUT2D eigenvalue weighted by Gasteiger charge is -2.37. The van der Waals surface area contributed by atoms with Gasteiger partial charge in [-0.2, -0.15) is 0 Å². The Labute approximate surface area is 155 Å². The van der Waals surface area contributed by atoms with Crippen molar-refractivity contribution in [3.8, 4) is 0 Å². The summed E-state index contributed by atoms with van der Waals surface area (Å²) in [5, 5.41) is 11.0. The van der Waals surface area contributed by atoms with Gasteiger partial charge in [-0.05, 0) is 25.7 Å². The SMILES string of the molecule is CCCn1cnnc1CNC(=O)C1CCC(=O)N(C2CCCCCC2)C1. The fraction of sp³-hybridized carbons (Fsp3) is 0.789. The monoisotopic (exact) mass is 361 g/mol. The van der Waals surface area contributed by atoms with E-state index in [1.807, 2.05) is 9.47 Å². The second-order valence-electron chi connectivity index (χ2n) is 7.59. The number of carbonyl (C=O) groups excluding carboxylic acids is 2. The smallest absolute Gasteiger partial charge is 0.225 e. The van der Waals surface area contributed by atoms with Gasteiger partial charge in [0.1, 0.15) is 6.33 Å². The molecule has 1 aromatic heterocycles. The quantitative estimate of drug-likeness (QED) is 0.788. The molecule has 2 fully saturated rings. The maximum atomic E-state index is 12.7. The lowest BCUT2D eigenvalue weighted by atomic mass is 9.93. The Morgan fingerprint density at radius 3 is 2.73 bits per heavy atom. The third-order valence-corrected chi connectivity index (χ3v) is 5.66. The topological polar surface area (TPSA) is 80.1 Å². The van der Waals surface area contributed by atoms with Gasteiger partial charge in [-0.15, -0.1) is 10.2 Å². The van der Waals surface area contributed by atoms with Gasteiger partial charge in [0.15, 0.2) is 5.82 Å². The molecular weight excluding hydrogens is 330 g/mol. The Morgan fingerprint density at radius 1 is 1.23 bits per heavy atom. The standard InChI is InChI=1S/C19H31N5O2/c1-2-11-23-14-21-22-17(23)12-20-19(26)15-9-10-18(25)24(13-15)16-7-5-3-4-6-8-16/h14-16H,2-13H2,1H3,(H,20,26). The van der Waals surface area contributed by atoms with Crippen molar-refractivity contribution in [2.45, 2.75) is 83.8 Å². The molecule has 1 saturated carbocycles. The second-order valence-corrected chi connectivity index (χ2v) is 7.59. The van der Waals surface area contributed by atoms with Gasteiger partial charge in [0.25, 0.3) is 0 Å². The van der Waals surface area contributed by atoms with Crippen molar-refractivity contribution in [1.82, 2.24) is 25.0 Å². The number of nitrogens with zero attached hydrogens (tertiary/aromatic N) is 4. The molecule has 0 radical (unpaired) electrons. The second kappa shape index (κ2) is 9.14. The number of rotatable bonds is 6. The highest BCUT2D eigenvalue weighted by Gasteiger charge is 2.34. The molecule has 1 N–H and O–H groups in total. The molecule has 7 nitrogen and oxygen atoms in total. The minimum Gasteiger partial charge on any atom is -0.348 e. The van der Waals surface area contributed by atoms with Crippen LogP contribution in [0.5, 0.6) is 0 Å². The van der Waals surface area contributed by atoms with E-state index in [0.717, 1.165) is 31.6 Å². The van der Waals surface area contributed by atoms with Gasteiger partial charge in [-0.25, -0.2) is 0 Å². The number of hydrogen-bond acceptors (Lipinski definition) is 4. The van der Waals surface area contributed by atoms with E-state index < -0.39 is 0 Å². The zero-order valence-electron chi connectivity index (χ0n) is 15.8. The highest BCUT2D eigenvalue weighted by molar-refractivity contribution is 5.83. The molecular formula is C19H31N5O2. The molecule has 1 unspecified atom stereocenters. The normalized spacial score (nSPS) is 22.3. The summed E-state index contributed by atoms with van der Waals surface area (Å²) in [5.41, 5.74) is 0. The summed E-state index contributed by atoms with van der Waals surface area (Å²) >= 11 is 0. The fourth-order valence-corrected chi connectivity index (χ4v) is 4.16. The predicted octanol–water partition coefficient (Wildman–Crippen LogP) is 2.27. The Kier molecular flexibility index (Phi) is 6.63. The number of aryl methyl sites for hydroxylation is 1. The first-order valence-electron chi connectivity index (χ1n) is 10.1.